The first-order valence-corrected chi connectivity index (χ1v) is 6.12. The van der Waals surface area contributed by atoms with Crippen molar-refractivity contribution in [1.82, 2.24) is 15.7 Å². The van der Waals surface area contributed by atoms with Crippen molar-refractivity contribution in [3.63, 3.8) is 0 Å². The highest BCUT2D eigenvalue weighted by atomic mass is 32.1. The van der Waals surface area contributed by atoms with Crippen molar-refractivity contribution in [3.8, 4) is 0 Å². The van der Waals surface area contributed by atoms with Crippen LogP contribution in [0, 0.1) is 0 Å². The maximum absolute atomic E-state index is 11.4. The Balaban J connectivity index is 2.47. The van der Waals surface area contributed by atoms with Crippen LogP contribution in [0.4, 0.5) is 4.79 Å². The zero-order valence-corrected chi connectivity index (χ0v) is 11.3. The molecule has 0 saturated heterocycles. The van der Waals surface area contributed by atoms with Gasteiger partial charge in [-0.3, -0.25) is 10.2 Å². The fourth-order valence-corrected chi connectivity index (χ4v) is 1.75. The van der Waals surface area contributed by atoms with Crippen molar-refractivity contribution in [1.29, 1.82) is 0 Å². The monoisotopic (exact) mass is 272 g/mol. The number of hydrogen-bond acceptors (Lipinski definition) is 6. The van der Waals surface area contributed by atoms with Crippen LogP contribution >= 0.6 is 11.3 Å². The lowest BCUT2D eigenvalue weighted by Gasteiger charge is -2.19. The second kappa shape index (κ2) is 5.78. The largest absolute Gasteiger partial charge is 0.444 e. The summed E-state index contributed by atoms with van der Waals surface area (Å²) in [5.74, 6) is 4.52. The fourth-order valence-electron chi connectivity index (χ4n) is 1.03. The summed E-state index contributed by atoms with van der Waals surface area (Å²) in [6.45, 7) is 5.54. The Labute approximate surface area is 109 Å². The zero-order valence-electron chi connectivity index (χ0n) is 10.4. The summed E-state index contributed by atoms with van der Waals surface area (Å²) >= 11 is 1.26. The van der Waals surface area contributed by atoms with E-state index in [1.54, 1.807) is 26.2 Å². The van der Waals surface area contributed by atoms with E-state index in [0.717, 1.165) is 0 Å². The van der Waals surface area contributed by atoms with Gasteiger partial charge in [0.05, 0.1) is 6.54 Å². The average Bonchev–Trinajstić information content (AvgIpc) is 2.71. The number of thiazole rings is 1. The van der Waals surface area contributed by atoms with Crippen molar-refractivity contribution in [2.75, 3.05) is 0 Å². The number of hydrogen-bond donors (Lipinski definition) is 3. The Morgan fingerprint density at radius 3 is 2.72 bits per heavy atom. The van der Waals surface area contributed by atoms with E-state index in [-0.39, 0.29) is 12.2 Å². The summed E-state index contributed by atoms with van der Waals surface area (Å²) in [6, 6.07) is 0. The Bertz CT molecular complexity index is 439. The number of alkyl carbamates (subject to hydrolysis) is 1. The lowest BCUT2D eigenvalue weighted by Crippen LogP contribution is -2.32. The molecular weight excluding hydrogens is 256 g/mol. The molecule has 4 N–H and O–H groups in total. The van der Waals surface area contributed by atoms with Gasteiger partial charge in [-0.2, -0.15) is 0 Å². The minimum atomic E-state index is -0.544. The number of nitrogen functional groups attached to an aromatic ring is 1. The van der Waals surface area contributed by atoms with Crippen molar-refractivity contribution in [2.45, 2.75) is 32.9 Å². The number of rotatable bonds is 3. The van der Waals surface area contributed by atoms with E-state index in [0.29, 0.717) is 5.01 Å². The molecule has 0 aliphatic carbocycles. The van der Waals surface area contributed by atoms with Gasteiger partial charge >= 0.3 is 6.09 Å². The number of nitrogens with zero attached hydrogens (tertiary/aromatic N) is 1. The van der Waals surface area contributed by atoms with Crippen LogP contribution in [0.25, 0.3) is 0 Å². The number of ether oxygens (including phenoxy) is 1. The third kappa shape index (κ3) is 4.68. The second-order valence-corrected chi connectivity index (χ2v) is 5.40. The molecule has 0 fully saturated rings. The second-order valence-electron chi connectivity index (χ2n) is 4.46. The number of nitrogens with two attached hydrogens (primary N) is 1. The Morgan fingerprint density at radius 1 is 1.50 bits per heavy atom. The van der Waals surface area contributed by atoms with Gasteiger partial charge in [0.15, 0.2) is 0 Å². The predicted molar refractivity (Wildman–Crippen MR) is 66.8 cm³/mol. The van der Waals surface area contributed by atoms with Crippen LogP contribution in [0.2, 0.25) is 0 Å². The van der Waals surface area contributed by atoms with Crippen LogP contribution in [0.5, 0.6) is 0 Å². The number of nitrogens with one attached hydrogen (secondary N) is 2. The normalized spacial score (nSPS) is 10.9. The summed E-state index contributed by atoms with van der Waals surface area (Å²) in [7, 11) is 0. The first-order chi connectivity index (χ1) is 8.31. The molecule has 0 aliphatic heterocycles. The molecule has 0 aromatic carbocycles. The molecule has 1 aromatic rings. The molecule has 0 spiro atoms. The molecule has 0 atom stereocenters. The molecule has 0 bridgehead atoms. The molecular formula is C10H16N4O3S. The van der Waals surface area contributed by atoms with Crippen LogP contribution in [0.1, 0.15) is 36.3 Å². The maximum Gasteiger partial charge on any atom is 0.408 e. The molecule has 100 valence electrons. The van der Waals surface area contributed by atoms with Gasteiger partial charge < -0.3 is 10.1 Å². The number of aromatic nitrogens is 1. The zero-order chi connectivity index (χ0) is 13.8. The maximum atomic E-state index is 11.4. The molecule has 0 aliphatic rings. The van der Waals surface area contributed by atoms with Crippen LogP contribution < -0.4 is 16.6 Å². The molecule has 0 saturated carbocycles. The van der Waals surface area contributed by atoms with E-state index in [1.807, 2.05) is 5.43 Å². The summed E-state index contributed by atoms with van der Waals surface area (Å²) in [5, 5.41) is 4.71. The predicted octanol–water partition coefficient (Wildman–Crippen LogP) is 0.771. The van der Waals surface area contributed by atoms with Gasteiger partial charge in [-0.1, -0.05) is 0 Å². The van der Waals surface area contributed by atoms with Gasteiger partial charge in [-0.25, -0.2) is 15.6 Å². The van der Waals surface area contributed by atoms with Crippen molar-refractivity contribution >= 4 is 23.3 Å². The fraction of sp³-hybridized carbons (Fsp3) is 0.500. The highest BCUT2D eigenvalue weighted by molar-refractivity contribution is 7.09. The van der Waals surface area contributed by atoms with Gasteiger partial charge in [-0.05, 0) is 20.8 Å². The van der Waals surface area contributed by atoms with E-state index in [4.69, 9.17) is 10.6 Å². The van der Waals surface area contributed by atoms with Crippen LogP contribution in [-0.4, -0.2) is 22.6 Å². The number of carbonyl (C=O) groups is 2. The van der Waals surface area contributed by atoms with Crippen molar-refractivity contribution < 1.29 is 14.3 Å². The summed E-state index contributed by atoms with van der Waals surface area (Å²) in [5.41, 5.74) is 1.67. The molecule has 2 amide bonds. The molecule has 1 aromatic heterocycles. The number of hydrazine groups is 1. The molecule has 18 heavy (non-hydrogen) atoms. The van der Waals surface area contributed by atoms with Crippen LogP contribution in [-0.2, 0) is 11.3 Å². The lowest BCUT2D eigenvalue weighted by atomic mass is 10.2. The van der Waals surface area contributed by atoms with Gasteiger partial charge in [0, 0.05) is 5.38 Å². The van der Waals surface area contributed by atoms with Crippen molar-refractivity contribution in [2.24, 2.45) is 5.84 Å². The van der Waals surface area contributed by atoms with E-state index < -0.39 is 17.6 Å². The third-order valence-electron chi connectivity index (χ3n) is 1.70. The molecule has 1 heterocycles. The molecule has 1 rings (SSSR count). The highest BCUT2D eigenvalue weighted by Crippen LogP contribution is 2.10. The van der Waals surface area contributed by atoms with E-state index in [9.17, 15) is 9.59 Å². The Kier molecular flexibility index (Phi) is 4.62. The lowest BCUT2D eigenvalue weighted by molar-refractivity contribution is 0.0523. The topological polar surface area (TPSA) is 106 Å². The summed E-state index contributed by atoms with van der Waals surface area (Å²) in [6.07, 6.45) is -0.525. The minimum absolute atomic E-state index is 0.206. The van der Waals surface area contributed by atoms with Crippen LogP contribution in [0.15, 0.2) is 5.38 Å². The summed E-state index contributed by atoms with van der Waals surface area (Å²) < 4.78 is 5.06. The Morgan fingerprint density at radius 2 is 2.17 bits per heavy atom. The highest BCUT2D eigenvalue weighted by Gasteiger charge is 2.16. The average molecular weight is 272 g/mol. The number of carbonyl (C=O) groups excluding carboxylic acids is 2. The smallest absolute Gasteiger partial charge is 0.408 e. The van der Waals surface area contributed by atoms with E-state index >= 15 is 0 Å². The van der Waals surface area contributed by atoms with E-state index in [2.05, 4.69) is 10.3 Å². The summed E-state index contributed by atoms with van der Waals surface area (Å²) in [4.78, 5) is 26.5. The van der Waals surface area contributed by atoms with Crippen LogP contribution in [0.3, 0.4) is 0 Å². The minimum Gasteiger partial charge on any atom is -0.444 e. The van der Waals surface area contributed by atoms with E-state index in [1.165, 1.54) is 11.3 Å². The van der Waals surface area contributed by atoms with Gasteiger partial charge in [-0.15, -0.1) is 11.3 Å². The molecule has 7 nitrogen and oxygen atoms in total. The molecule has 8 heteroatoms. The van der Waals surface area contributed by atoms with Gasteiger partial charge in [0.25, 0.3) is 5.91 Å². The molecule has 0 unspecified atom stereocenters. The standard InChI is InChI=1S/C10H16N4O3S/c1-10(2,3)17-9(16)12-4-7-13-6(5-18-7)8(15)14-11/h5H,4,11H2,1-3H3,(H,12,16)(H,14,15). The van der Waals surface area contributed by atoms with Gasteiger partial charge in [0.1, 0.15) is 16.3 Å². The molecule has 0 radical (unpaired) electrons. The first-order valence-electron chi connectivity index (χ1n) is 5.24. The van der Waals surface area contributed by atoms with Crippen molar-refractivity contribution in [3.05, 3.63) is 16.1 Å². The van der Waals surface area contributed by atoms with Gasteiger partial charge in [0.2, 0.25) is 0 Å². The third-order valence-corrected chi connectivity index (χ3v) is 2.55. The SMILES string of the molecule is CC(C)(C)OC(=O)NCc1nc(C(=O)NN)cs1. The number of amides is 2. The Hall–Kier alpha value is -1.67. The first kappa shape index (κ1) is 14.4. The quantitative estimate of drug-likeness (QED) is 0.428.